The van der Waals surface area contributed by atoms with Gasteiger partial charge in [-0.3, -0.25) is 9.78 Å². The van der Waals surface area contributed by atoms with E-state index < -0.39 is 11.9 Å². The van der Waals surface area contributed by atoms with Crippen LogP contribution in [0.2, 0.25) is 0 Å². The van der Waals surface area contributed by atoms with E-state index in [1.54, 1.807) is 13.1 Å². The molecule has 0 aliphatic carbocycles. The Morgan fingerprint density at radius 2 is 2.00 bits per heavy atom. The largest absolute Gasteiger partial charge is 0.481 e. The minimum absolute atomic E-state index is 0.374. The van der Waals surface area contributed by atoms with Crippen LogP contribution in [-0.2, 0) is 4.79 Å². The molecule has 0 amide bonds. The van der Waals surface area contributed by atoms with Gasteiger partial charge in [0.25, 0.3) is 0 Å². The molecule has 0 saturated heterocycles. The van der Waals surface area contributed by atoms with Crippen molar-refractivity contribution in [1.29, 1.82) is 0 Å². The van der Waals surface area contributed by atoms with Gasteiger partial charge in [-0.1, -0.05) is 32.0 Å². The molecule has 3 heteroatoms. The van der Waals surface area contributed by atoms with Crippen LogP contribution in [0.4, 0.5) is 0 Å². The fourth-order valence-corrected chi connectivity index (χ4v) is 2.35. The topological polar surface area (TPSA) is 50.2 Å². The molecule has 0 saturated carbocycles. The Labute approximate surface area is 113 Å². The zero-order chi connectivity index (χ0) is 14.0. The van der Waals surface area contributed by atoms with E-state index in [0.717, 1.165) is 28.5 Å². The number of benzene rings is 1. The summed E-state index contributed by atoms with van der Waals surface area (Å²) in [5, 5.41) is 11.3. The van der Waals surface area contributed by atoms with Crippen molar-refractivity contribution in [3.05, 3.63) is 41.7 Å². The summed E-state index contributed by atoms with van der Waals surface area (Å²) in [7, 11) is 0. The van der Waals surface area contributed by atoms with Crippen LogP contribution in [0.1, 0.15) is 50.3 Å². The van der Waals surface area contributed by atoms with Crippen LogP contribution in [0.5, 0.6) is 0 Å². The van der Waals surface area contributed by atoms with Crippen molar-refractivity contribution in [1.82, 2.24) is 4.98 Å². The molecule has 2 atom stereocenters. The van der Waals surface area contributed by atoms with Crippen LogP contribution < -0.4 is 0 Å². The molecule has 1 aromatic carbocycles. The van der Waals surface area contributed by atoms with Gasteiger partial charge in [0.05, 0.1) is 11.6 Å². The molecule has 0 aliphatic rings. The average Bonchev–Trinajstić information content (AvgIpc) is 2.44. The summed E-state index contributed by atoms with van der Waals surface area (Å²) in [4.78, 5) is 15.7. The van der Waals surface area contributed by atoms with E-state index in [9.17, 15) is 9.90 Å². The van der Waals surface area contributed by atoms with Gasteiger partial charge in [-0.15, -0.1) is 0 Å². The van der Waals surface area contributed by atoms with E-state index in [0.29, 0.717) is 5.92 Å². The molecular weight excluding hydrogens is 238 g/mol. The highest BCUT2D eigenvalue weighted by Crippen LogP contribution is 2.30. The lowest BCUT2D eigenvalue weighted by Crippen LogP contribution is -2.08. The normalized spacial score (nSPS) is 14.3. The number of carbonyl (C=O) groups is 1. The van der Waals surface area contributed by atoms with Crippen molar-refractivity contribution in [3.63, 3.8) is 0 Å². The highest BCUT2D eigenvalue weighted by atomic mass is 16.4. The van der Waals surface area contributed by atoms with Crippen LogP contribution in [-0.4, -0.2) is 16.1 Å². The molecule has 100 valence electrons. The maximum atomic E-state index is 11.2. The summed E-state index contributed by atoms with van der Waals surface area (Å²) in [5.41, 5.74) is 1.91. The molecule has 1 heterocycles. The Balaban J connectivity index is 2.67. The van der Waals surface area contributed by atoms with Gasteiger partial charge in [0.1, 0.15) is 0 Å². The number of carboxylic acid groups (broad SMARTS) is 1. The van der Waals surface area contributed by atoms with Gasteiger partial charge in [0, 0.05) is 11.6 Å². The second kappa shape index (κ2) is 5.39. The van der Waals surface area contributed by atoms with Crippen molar-refractivity contribution in [2.75, 3.05) is 0 Å². The third-order valence-corrected chi connectivity index (χ3v) is 3.79. The number of aromatic nitrogens is 1. The number of aliphatic carboxylic acids is 1. The SMILES string of the molecule is CCC(C)c1nccc2c(C(C)C(=O)O)cccc12. The summed E-state index contributed by atoms with van der Waals surface area (Å²) in [6.45, 7) is 6.00. The first kappa shape index (κ1) is 13.5. The minimum Gasteiger partial charge on any atom is -0.481 e. The monoisotopic (exact) mass is 257 g/mol. The third-order valence-electron chi connectivity index (χ3n) is 3.79. The maximum absolute atomic E-state index is 11.2. The molecule has 1 N–H and O–H groups in total. The number of pyridine rings is 1. The minimum atomic E-state index is -0.797. The second-order valence-corrected chi connectivity index (χ2v) is 5.01. The first-order valence-corrected chi connectivity index (χ1v) is 6.66. The first-order valence-electron chi connectivity index (χ1n) is 6.66. The molecule has 0 aliphatic heterocycles. The molecule has 19 heavy (non-hydrogen) atoms. The zero-order valence-electron chi connectivity index (χ0n) is 11.6. The van der Waals surface area contributed by atoms with E-state index in [1.165, 1.54) is 0 Å². The Kier molecular flexibility index (Phi) is 3.84. The van der Waals surface area contributed by atoms with Gasteiger partial charge in [0.2, 0.25) is 0 Å². The van der Waals surface area contributed by atoms with Crippen LogP contribution in [0, 0.1) is 0 Å². The molecule has 3 nitrogen and oxygen atoms in total. The Morgan fingerprint density at radius 3 is 2.63 bits per heavy atom. The highest BCUT2D eigenvalue weighted by Gasteiger charge is 2.18. The molecule has 1 aromatic heterocycles. The van der Waals surface area contributed by atoms with Crippen LogP contribution in [0.15, 0.2) is 30.5 Å². The summed E-state index contributed by atoms with van der Waals surface area (Å²) in [5.74, 6) is -0.927. The highest BCUT2D eigenvalue weighted by molar-refractivity contribution is 5.92. The molecular formula is C16H19NO2. The predicted molar refractivity (Wildman–Crippen MR) is 76.5 cm³/mol. The lowest BCUT2D eigenvalue weighted by atomic mass is 9.92. The van der Waals surface area contributed by atoms with Crippen molar-refractivity contribution in [2.24, 2.45) is 0 Å². The second-order valence-electron chi connectivity index (χ2n) is 5.01. The number of nitrogens with zero attached hydrogens (tertiary/aromatic N) is 1. The molecule has 0 radical (unpaired) electrons. The summed E-state index contributed by atoms with van der Waals surface area (Å²) >= 11 is 0. The van der Waals surface area contributed by atoms with Crippen molar-refractivity contribution < 1.29 is 9.90 Å². The number of hydrogen-bond acceptors (Lipinski definition) is 2. The zero-order valence-corrected chi connectivity index (χ0v) is 11.6. The number of hydrogen-bond donors (Lipinski definition) is 1. The van der Waals surface area contributed by atoms with Gasteiger partial charge in [0.15, 0.2) is 0 Å². The van der Waals surface area contributed by atoms with Crippen molar-refractivity contribution >= 4 is 16.7 Å². The first-order chi connectivity index (χ1) is 9.06. The molecule has 2 rings (SSSR count). The molecule has 0 spiro atoms. The van der Waals surface area contributed by atoms with Crippen LogP contribution >= 0.6 is 0 Å². The summed E-state index contributed by atoms with van der Waals surface area (Å²) in [6.07, 6.45) is 2.80. The Morgan fingerprint density at radius 1 is 1.26 bits per heavy atom. The standard InChI is InChI=1S/C16H19NO2/c1-4-10(2)15-14-7-5-6-12(11(3)16(18)19)13(14)8-9-17-15/h5-11H,4H2,1-3H3,(H,18,19). The fraction of sp³-hybridized carbons (Fsp3) is 0.375. The summed E-state index contributed by atoms with van der Waals surface area (Å²) < 4.78 is 0. The number of rotatable bonds is 4. The van der Waals surface area contributed by atoms with Gasteiger partial charge in [-0.05, 0) is 36.3 Å². The maximum Gasteiger partial charge on any atom is 0.310 e. The lowest BCUT2D eigenvalue weighted by molar-refractivity contribution is -0.138. The lowest BCUT2D eigenvalue weighted by Gasteiger charge is -2.15. The van der Waals surface area contributed by atoms with Gasteiger partial charge in [-0.25, -0.2) is 0 Å². The van der Waals surface area contributed by atoms with E-state index >= 15 is 0 Å². The average molecular weight is 257 g/mol. The van der Waals surface area contributed by atoms with Crippen molar-refractivity contribution in [2.45, 2.75) is 39.0 Å². The van der Waals surface area contributed by atoms with Gasteiger partial charge >= 0.3 is 5.97 Å². The van der Waals surface area contributed by atoms with Crippen LogP contribution in [0.3, 0.4) is 0 Å². The smallest absolute Gasteiger partial charge is 0.310 e. The van der Waals surface area contributed by atoms with E-state index in [4.69, 9.17) is 0 Å². The molecule has 0 fully saturated rings. The Bertz CT molecular complexity index is 607. The third kappa shape index (κ3) is 2.46. The molecule has 2 aromatic rings. The number of carboxylic acids is 1. The predicted octanol–water partition coefficient (Wildman–Crippen LogP) is 3.94. The van der Waals surface area contributed by atoms with Crippen LogP contribution in [0.25, 0.3) is 10.8 Å². The van der Waals surface area contributed by atoms with Gasteiger partial charge < -0.3 is 5.11 Å². The molecule has 2 unspecified atom stereocenters. The fourth-order valence-electron chi connectivity index (χ4n) is 2.35. The number of fused-ring (bicyclic) bond motifs is 1. The van der Waals surface area contributed by atoms with E-state index in [1.807, 2.05) is 24.3 Å². The van der Waals surface area contributed by atoms with Gasteiger partial charge in [-0.2, -0.15) is 0 Å². The quantitative estimate of drug-likeness (QED) is 0.902. The van der Waals surface area contributed by atoms with E-state index in [-0.39, 0.29) is 0 Å². The van der Waals surface area contributed by atoms with E-state index in [2.05, 4.69) is 18.8 Å². The summed E-state index contributed by atoms with van der Waals surface area (Å²) in [6, 6.07) is 7.75. The van der Waals surface area contributed by atoms with Crippen molar-refractivity contribution in [3.8, 4) is 0 Å². The Hall–Kier alpha value is -1.90. The molecule has 0 bridgehead atoms.